The lowest BCUT2D eigenvalue weighted by atomic mass is 10.0. The van der Waals surface area contributed by atoms with Crippen LogP contribution < -0.4 is 36.8 Å². The highest BCUT2D eigenvalue weighted by Crippen LogP contribution is 2.40. The fraction of sp³-hybridized carbons (Fsp3) is 0.310. The maximum absolute atomic E-state index is 13.7. The summed E-state index contributed by atoms with van der Waals surface area (Å²) >= 11 is 0. The summed E-state index contributed by atoms with van der Waals surface area (Å²) in [7, 11) is -3.32. The SMILES string of the molecule is CCN(CC)c1ccc2cc(C(=O)NCCOCCOC(=O)C(/C=C/c3ccc(NC(=O)CCCCCNc4ccc([N+](=O)[O-])c5nonc45)cc3)=C/CCC(C)(C)[Si](O)(c3ccccc3)c3ccccc3)c(=O)oc2c1. The predicted octanol–water partition coefficient (Wildman–Crippen LogP) is 8.94. The third-order valence-electron chi connectivity index (χ3n) is 13.5. The second-order valence-electron chi connectivity index (χ2n) is 19.0. The van der Waals surface area contributed by atoms with E-state index < -0.39 is 35.8 Å². The molecule has 2 heterocycles. The van der Waals surface area contributed by atoms with Crippen molar-refractivity contribution in [2.75, 3.05) is 61.5 Å². The molecule has 0 radical (unpaired) electrons. The molecule has 7 aromatic rings. The van der Waals surface area contributed by atoms with Gasteiger partial charge in [0.15, 0.2) is 5.52 Å². The van der Waals surface area contributed by atoms with Gasteiger partial charge in [-0.2, -0.15) is 0 Å². The number of nitrogens with zero attached hydrogens (tertiary/aromatic N) is 4. The molecule has 2 aromatic heterocycles. The van der Waals surface area contributed by atoms with Crippen molar-refractivity contribution in [3.63, 3.8) is 0 Å². The van der Waals surface area contributed by atoms with Gasteiger partial charge in [-0.3, -0.25) is 19.7 Å². The van der Waals surface area contributed by atoms with E-state index in [1.165, 1.54) is 12.1 Å². The van der Waals surface area contributed by atoms with Crippen molar-refractivity contribution < 1.29 is 42.6 Å². The summed E-state index contributed by atoms with van der Waals surface area (Å²) in [5.41, 5.74) is 2.91. The number of anilines is 3. The lowest BCUT2D eigenvalue weighted by Crippen LogP contribution is -2.65. The van der Waals surface area contributed by atoms with Gasteiger partial charge in [0.2, 0.25) is 11.4 Å². The largest absolute Gasteiger partial charge is 0.460 e. The Morgan fingerprint density at radius 1 is 0.831 bits per heavy atom. The van der Waals surface area contributed by atoms with Crippen LogP contribution in [0.15, 0.2) is 153 Å². The Kier molecular flexibility index (Phi) is 19.8. The molecule has 19 heteroatoms. The molecule has 7 rings (SSSR count). The zero-order valence-corrected chi connectivity index (χ0v) is 44.8. The second kappa shape index (κ2) is 27.0. The Balaban J connectivity index is 0.920. The number of ether oxygens (including phenoxy) is 2. The lowest BCUT2D eigenvalue weighted by Gasteiger charge is -2.41. The number of hydrogen-bond acceptors (Lipinski definition) is 15. The Bertz CT molecular complexity index is 3210. The first-order chi connectivity index (χ1) is 37.2. The maximum atomic E-state index is 13.7. The molecule has 77 heavy (non-hydrogen) atoms. The third kappa shape index (κ3) is 14.6. The monoisotopic (exact) mass is 1060 g/mol. The summed E-state index contributed by atoms with van der Waals surface area (Å²) in [5.74, 6) is -1.30. The number of nitro benzene ring substituents is 1. The van der Waals surface area contributed by atoms with Crippen LogP contribution in [-0.4, -0.2) is 92.1 Å². The second-order valence-corrected chi connectivity index (χ2v) is 22.9. The highest BCUT2D eigenvalue weighted by molar-refractivity contribution is 6.98. The number of hydrogen-bond donors (Lipinski definition) is 4. The number of unbranched alkanes of at least 4 members (excludes halogenated alkanes) is 2. The van der Waals surface area contributed by atoms with E-state index in [2.05, 4.69) is 45.0 Å². The molecule has 0 aliphatic rings. The molecule has 0 saturated heterocycles. The summed E-state index contributed by atoms with van der Waals surface area (Å²) in [6.45, 7) is 10.5. The zero-order chi connectivity index (χ0) is 54.8. The molecule has 402 valence electrons. The standard InChI is InChI=1S/C58H65N7O11Si/c1-5-64(6-2)45-30-27-43-39-48(57(69)75-51(43)40-45)55(67)60-35-36-73-37-38-74-56(68)42(17-16-33-58(3,4)77(72,46-18-10-7-11-19-46)47-20-12-8-13-21-47)26-23-41-24-28-44(29-25-41)61-52(66)22-14-9-15-34-59-49-31-32-50(65(70)71)54-53(49)62-76-63-54/h7-8,10-13,17-21,23-32,39-40,59,72H,5-6,9,14-16,22,33-38H2,1-4H3,(H,60,67)(H,61,66)/b26-23+,42-17+. The van der Waals surface area contributed by atoms with E-state index in [0.717, 1.165) is 47.6 Å². The van der Waals surface area contributed by atoms with Gasteiger partial charge in [-0.1, -0.05) is 105 Å². The number of amides is 2. The van der Waals surface area contributed by atoms with Crippen molar-refractivity contribution in [2.24, 2.45) is 0 Å². The van der Waals surface area contributed by atoms with Crippen molar-refractivity contribution >= 4 is 87.3 Å². The van der Waals surface area contributed by atoms with Crippen LogP contribution in [0.2, 0.25) is 5.04 Å². The van der Waals surface area contributed by atoms with Gasteiger partial charge in [-0.15, -0.1) is 0 Å². The van der Waals surface area contributed by atoms with E-state index in [1.54, 1.807) is 36.4 Å². The molecular formula is C58H65N7O11Si. The van der Waals surface area contributed by atoms with E-state index >= 15 is 0 Å². The van der Waals surface area contributed by atoms with Gasteiger partial charge >= 0.3 is 17.3 Å². The molecular weight excluding hydrogens is 999 g/mol. The number of esters is 1. The number of fused-ring (bicyclic) bond motifs is 2. The fourth-order valence-corrected chi connectivity index (χ4v) is 12.8. The summed E-state index contributed by atoms with van der Waals surface area (Å²) in [4.78, 5) is 77.9. The van der Waals surface area contributed by atoms with Crippen molar-refractivity contribution in [2.45, 2.75) is 71.3 Å². The first-order valence-corrected chi connectivity index (χ1v) is 27.8. The van der Waals surface area contributed by atoms with E-state index in [9.17, 15) is 34.1 Å². The van der Waals surface area contributed by atoms with E-state index in [0.29, 0.717) is 60.1 Å². The number of carbonyl (C=O) groups excluding carboxylic acids is 3. The molecule has 0 spiro atoms. The van der Waals surface area contributed by atoms with Crippen LogP contribution in [0.5, 0.6) is 0 Å². The molecule has 0 saturated carbocycles. The number of non-ortho nitro benzene ring substituents is 1. The Morgan fingerprint density at radius 3 is 2.22 bits per heavy atom. The van der Waals surface area contributed by atoms with Crippen LogP contribution >= 0.6 is 0 Å². The number of benzene rings is 5. The minimum absolute atomic E-state index is 0.0474. The van der Waals surface area contributed by atoms with Crippen molar-refractivity contribution in [3.05, 3.63) is 171 Å². The average molecular weight is 1060 g/mol. The van der Waals surface area contributed by atoms with Gasteiger partial charge < -0.3 is 39.5 Å². The quantitative estimate of drug-likeness (QED) is 0.00523. The minimum atomic E-state index is -3.32. The van der Waals surface area contributed by atoms with Crippen LogP contribution in [0.25, 0.3) is 28.1 Å². The van der Waals surface area contributed by atoms with Crippen LogP contribution in [0, 0.1) is 10.1 Å². The van der Waals surface area contributed by atoms with Crippen molar-refractivity contribution in [1.29, 1.82) is 0 Å². The van der Waals surface area contributed by atoms with Crippen LogP contribution in [0.3, 0.4) is 0 Å². The van der Waals surface area contributed by atoms with Crippen molar-refractivity contribution in [3.8, 4) is 0 Å². The van der Waals surface area contributed by atoms with Gasteiger partial charge in [0, 0.05) is 61.5 Å². The number of nitro groups is 1. The van der Waals surface area contributed by atoms with Gasteiger partial charge in [-0.05, 0) is 113 Å². The lowest BCUT2D eigenvalue weighted by molar-refractivity contribution is -0.383. The molecule has 2 amide bonds. The van der Waals surface area contributed by atoms with Crippen LogP contribution in [0.4, 0.5) is 22.7 Å². The maximum Gasteiger partial charge on any atom is 0.349 e. The molecule has 4 N–H and O–H groups in total. The highest BCUT2D eigenvalue weighted by Gasteiger charge is 2.49. The van der Waals surface area contributed by atoms with Crippen LogP contribution in [0.1, 0.15) is 82.1 Å². The molecule has 0 atom stereocenters. The normalized spacial score (nSPS) is 12.0. The molecule has 0 unspecified atom stereocenters. The number of aromatic nitrogens is 2. The Labute approximate surface area is 447 Å². The topological polar surface area (TPSA) is 242 Å². The molecule has 0 bridgehead atoms. The van der Waals surface area contributed by atoms with Crippen LogP contribution in [-0.2, 0) is 19.1 Å². The molecule has 18 nitrogen and oxygen atoms in total. The fourth-order valence-electron chi connectivity index (χ4n) is 9.09. The van der Waals surface area contributed by atoms with E-state index in [-0.39, 0.29) is 54.6 Å². The zero-order valence-electron chi connectivity index (χ0n) is 43.8. The Morgan fingerprint density at radius 2 is 1.53 bits per heavy atom. The van der Waals surface area contributed by atoms with Gasteiger partial charge in [0.05, 0.1) is 29.4 Å². The highest BCUT2D eigenvalue weighted by atomic mass is 28.4. The minimum Gasteiger partial charge on any atom is -0.460 e. The summed E-state index contributed by atoms with van der Waals surface area (Å²) in [5, 5.41) is 29.4. The summed E-state index contributed by atoms with van der Waals surface area (Å²) in [6.07, 6.45) is 8.76. The molecule has 0 aliphatic heterocycles. The molecule has 5 aromatic carbocycles. The summed E-state index contributed by atoms with van der Waals surface area (Å²) < 4.78 is 21.6. The smallest absolute Gasteiger partial charge is 0.349 e. The molecule has 0 fully saturated rings. The number of carbonyl (C=O) groups is 3. The average Bonchev–Trinajstić information content (AvgIpc) is 3.99. The number of nitrogens with one attached hydrogen (secondary N) is 3. The summed E-state index contributed by atoms with van der Waals surface area (Å²) in [6, 6.07) is 36.7. The van der Waals surface area contributed by atoms with Crippen molar-refractivity contribution in [1.82, 2.24) is 15.6 Å². The first kappa shape index (κ1) is 56.5. The Hall–Kier alpha value is -8.26. The van der Waals surface area contributed by atoms with E-state index in [4.69, 9.17) is 18.5 Å². The first-order valence-electron chi connectivity index (χ1n) is 25.8. The van der Waals surface area contributed by atoms with Gasteiger partial charge in [-0.25, -0.2) is 14.2 Å². The van der Waals surface area contributed by atoms with Gasteiger partial charge in [0.1, 0.15) is 17.8 Å². The molecule has 0 aliphatic carbocycles. The number of allylic oxidation sites excluding steroid dienone is 1. The van der Waals surface area contributed by atoms with Gasteiger partial charge in [0.25, 0.3) is 14.2 Å². The van der Waals surface area contributed by atoms with E-state index in [1.807, 2.05) is 105 Å². The predicted molar refractivity (Wildman–Crippen MR) is 301 cm³/mol. The third-order valence-corrected chi connectivity index (χ3v) is 18.0. The number of rotatable bonds is 28.